The molecule has 1 saturated heterocycles. The lowest BCUT2D eigenvalue weighted by atomic mass is 10.0. The number of aromatic nitrogens is 1. The van der Waals surface area contributed by atoms with Crippen LogP contribution in [0, 0.1) is 0 Å². The molecule has 1 aliphatic rings. The van der Waals surface area contributed by atoms with E-state index in [-0.39, 0.29) is 11.7 Å². The Hall–Kier alpha value is -1.71. The van der Waals surface area contributed by atoms with Gasteiger partial charge in [-0.05, 0) is 24.6 Å². The number of para-hydroxylation sites is 1. The van der Waals surface area contributed by atoms with E-state index < -0.39 is 0 Å². The molecule has 3 heteroatoms. The molecule has 94 valence electrons. The number of nitrogens with zero attached hydrogens (tertiary/aromatic N) is 1. The number of hydrogen-bond donors (Lipinski definition) is 0. The average Bonchev–Trinajstić information content (AvgIpc) is 2.97. The smallest absolute Gasteiger partial charge is 0.148 e. The summed E-state index contributed by atoms with van der Waals surface area (Å²) in [7, 11) is 0. The molecule has 1 fully saturated rings. The van der Waals surface area contributed by atoms with E-state index in [9.17, 15) is 0 Å². The number of ether oxygens (including phenoxy) is 1. The van der Waals surface area contributed by atoms with Gasteiger partial charge in [-0.25, -0.2) is 4.98 Å². The van der Waals surface area contributed by atoms with Gasteiger partial charge in [0, 0.05) is 0 Å². The summed E-state index contributed by atoms with van der Waals surface area (Å²) >= 11 is 1.73. The number of rotatable bonds is 2. The largest absolute Gasteiger partial charge is 0.354 e. The van der Waals surface area contributed by atoms with Gasteiger partial charge in [-0.1, -0.05) is 42.5 Å². The highest BCUT2D eigenvalue weighted by Crippen LogP contribution is 2.57. The highest BCUT2D eigenvalue weighted by Gasteiger charge is 2.56. The zero-order valence-electron chi connectivity index (χ0n) is 10.5. The normalized spacial score (nSPS) is 25.6. The van der Waals surface area contributed by atoms with E-state index in [2.05, 4.69) is 49.4 Å². The first-order valence-corrected chi connectivity index (χ1v) is 7.18. The Balaban J connectivity index is 1.73. The van der Waals surface area contributed by atoms with Crippen molar-refractivity contribution in [2.45, 2.75) is 18.6 Å². The zero-order chi connectivity index (χ0) is 12.9. The molecule has 0 radical (unpaired) electrons. The molecule has 0 amide bonds. The molecule has 0 bridgehead atoms. The van der Waals surface area contributed by atoms with Crippen LogP contribution in [0.25, 0.3) is 10.2 Å². The second-order valence-corrected chi connectivity index (χ2v) is 6.03. The summed E-state index contributed by atoms with van der Waals surface area (Å²) in [5.41, 5.74) is 2.03. The molecular weight excluding hydrogens is 254 g/mol. The van der Waals surface area contributed by atoms with Gasteiger partial charge in [-0.3, -0.25) is 0 Å². The Kier molecular flexibility index (Phi) is 2.28. The van der Waals surface area contributed by atoms with Gasteiger partial charge in [0.15, 0.2) is 0 Å². The van der Waals surface area contributed by atoms with Crippen molar-refractivity contribution in [3.8, 4) is 0 Å². The summed E-state index contributed by atoms with van der Waals surface area (Å²) in [6.07, 6.45) is 0.134. The monoisotopic (exact) mass is 267 g/mol. The Morgan fingerprint density at radius 1 is 1.05 bits per heavy atom. The standard InChI is InChI=1S/C16H13NOS/c1-16(14(18-16)11-7-3-2-4-8-11)15-17-12-9-5-6-10-13(12)19-15/h2-10,14H,1H3/t14-,16-/m1/s1. The summed E-state index contributed by atoms with van der Waals surface area (Å²) in [4.78, 5) is 4.72. The summed E-state index contributed by atoms with van der Waals surface area (Å²) in [5.74, 6) is 0. The lowest BCUT2D eigenvalue weighted by molar-refractivity contribution is 0.313. The molecule has 0 unspecified atom stereocenters. The van der Waals surface area contributed by atoms with E-state index in [4.69, 9.17) is 9.72 Å². The van der Waals surface area contributed by atoms with Gasteiger partial charge in [0.1, 0.15) is 16.7 Å². The maximum absolute atomic E-state index is 5.95. The predicted octanol–water partition coefficient (Wildman–Crippen LogP) is 4.28. The summed E-state index contributed by atoms with van der Waals surface area (Å²) in [6.45, 7) is 2.13. The maximum Gasteiger partial charge on any atom is 0.148 e. The molecular formula is C16H13NOS. The van der Waals surface area contributed by atoms with Crippen LogP contribution in [0.1, 0.15) is 23.6 Å². The van der Waals surface area contributed by atoms with Gasteiger partial charge in [0.05, 0.1) is 10.2 Å². The Bertz CT molecular complexity index is 704. The van der Waals surface area contributed by atoms with Crippen LogP contribution in [-0.2, 0) is 10.3 Å². The first-order chi connectivity index (χ1) is 9.27. The molecule has 2 nitrogen and oxygen atoms in total. The van der Waals surface area contributed by atoms with E-state index in [0.29, 0.717) is 0 Å². The third kappa shape index (κ3) is 1.70. The summed E-state index contributed by atoms with van der Waals surface area (Å²) < 4.78 is 7.18. The first-order valence-electron chi connectivity index (χ1n) is 6.36. The zero-order valence-corrected chi connectivity index (χ0v) is 11.4. The minimum absolute atomic E-state index is 0.134. The number of fused-ring (bicyclic) bond motifs is 1. The summed E-state index contributed by atoms with van der Waals surface area (Å²) in [6, 6.07) is 18.6. The van der Waals surface area contributed by atoms with E-state index in [1.165, 1.54) is 10.3 Å². The molecule has 2 aromatic carbocycles. The minimum atomic E-state index is -0.259. The fourth-order valence-corrected chi connectivity index (χ4v) is 3.55. The van der Waals surface area contributed by atoms with Crippen molar-refractivity contribution in [3.63, 3.8) is 0 Å². The number of epoxide rings is 1. The molecule has 0 aliphatic carbocycles. The van der Waals surface area contributed by atoms with Crippen LogP contribution < -0.4 is 0 Å². The Labute approximate surface area is 115 Å². The van der Waals surface area contributed by atoms with Gasteiger partial charge >= 0.3 is 0 Å². The SMILES string of the molecule is C[C@@]1(c2nc3ccccc3s2)O[C@@H]1c1ccccc1. The lowest BCUT2D eigenvalue weighted by Crippen LogP contribution is -2.03. The third-order valence-corrected chi connectivity index (χ3v) is 4.88. The van der Waals surface area contributed by atoms with Crippen molar-refractivity contribution in [2.75, 3.05) is 0 Å². The van der Waals surface area contributed by atoms with Crippen molar-refractivity contribution in [2.24, 2.45) is 0 Å². The predicted molar refractivity (Wildman–Crippen MR) is 77.2 cm³/mol. The number of benzene rings is 2. The second kappa shape index (κ2) is 3.89. The Morgan fingerprint density at radius 3 is 2.58 bits per heavy atom. The molecule has 0 N–H and O–H groups in total. The van der Waals surface area contributed by atoms with E-state index in [1.54, 1.807) is 11.3 Å². The van der Waals surface area contributed by atoms with Gasteiger partial charge in [0.25, 0.3) is 0 Å². The molecule has 4 rings (SSSR count). The Morgan fingerprint density at radius 2 is 1.79 bits per heavy atom. The fourth-order valence-electron chi connectivity index (χ4n) is 2.47. The van der Waals surface area contributed by atoms with Crippen LogP contribution in [0.2, 0.25) is 0 Å². The fraction of sp³-hybridized carbons (Fsp3) is 0.188. The van der Waals surface area contributed by atoms with Gasteiger partial charge in [-0.2, -0.15) is 0 Å². The lowest BCUT2D eigenvalue weighted by Gasteiger charge is -2.01. The highest BCUT2D eigenvalue weighted by molar-refractivity contribution is 7.18. The number of hydrogen-bond acceptors (Lipinski definition) is 3. The molecule has 0 spiro atoms. The molecule has 19 heavy (non-hydrogen) atoms. The average molecular weight is 267 g/mol. The van der Waals surface area contributed by atoms with Gasteiger partial charge in [-0.15, -0.1) is 11.3 Å². The minimum Gasteiger partial charge on any atom is -0.354 e. The van der Waals surface area contributed by atoms with Crippen molar-refractivity contribution in [3.05, 3.63) is 65.2 Å². The highest BCUT2D eigenvalue weighted by atomic mass is 32.1. The van der Waals surface area contributed by atoms with Gasteiger partial charge < -0.3 is 4.74 Å². The van der Waals surface area contributed by atoms with Crippen molar-refractivity contribution in [1.82, 2.24) is 4.98 Å². The molecule has 3 aromatic rings. The van der Waals surface area contributed by atoms with Crippen molar-refractivity contribution >= 4 is 21.6 Å². The van der Waals surface area contributed by atoms with Crippen LogP contribution in [-0.4, -0.2) is 4.98 Å². The topological polar surface area (TPSA) is 25.4 Å². The summed E-state index contributed by atoms with van der Waals surface area (Å²) in [5, 5.41) is 1.07. The van der Waals surface area contributed by atoms with Crippen LogP contribution in [0.5, 0.6) is 0 Å². The quantitative estimate of drug-likeness (QED) is 0.647. The maximum atomic E-state index is 5.95. The third-order valence-electron chi connectivity index (χ3n) is 3.63. The molecule has 1 aromatic heterocycles. The molecule has 0 saturated carbocycles. The van der Waals surface area contributed by atoms with E-state index in [1.807, 2.05) is 12.1 Å². The van der Waals surface area contributed by atoms with Crippen molar-refractivity contribution in [1.29, 1.82) is 0 Å². The molecule has 1 aliphatic heterocycles. The molecule has 2 heterocycles. The number of thiazole rings is 1. The van der Waals surface area contributed by atoms with Gasteiger partial charge in [0.2, 0.25) is 0 Å². The van der Waals surface area contributed by atoms with Crippen LogP contribution >= 0.6 is 11.3 Å². The van der Waals surface area contributed by atoms with E-state index >= 15 is 0 Å². The van der Waals surface area contributed by atoms with Crippen LogP contribution in [0.3, 0.4) is 0 Å². The first kappa shape index (κ1) is 11.1. The second-order valence-electron chi connectivity index (χ2n) is 5.00. The van der Waals surface area contributed by atoms with Crippen molar-refractivity contribution < 1.29 is 4.74 Å². The van der Waals surface area contributed by atoms with E-state index in [0.717, 1.165) is 10.5 Å². The molecule has 2 atom stereocenters. The van der Waals surface area contributed by atoms with Crippen LogP contribution in [0.15, 0.2) is 54.6 Å². The van der Waals surface area contributed by atoms with Crippen LogP contribution in [0.4, 0.5) is 0 Å².